The topological polar surface area (TPSA) is 81.2 Å². The highest BCUT2D eigenvalue weighted by atomic mass is 35.5. The number of rotatable bonds is 8. The van der Waals surface area contributed by atoms with Crippen molar-refractivity contribution >= 4 is 49.7 Å². The summed E-state index contributed by atoms with van der Waals surface area (Å²) in [6.07, 6.45) is 0.513. The zero-order chi connectivity index (χ0) is 19.3. The van der Waals surface area contributed by atoms with Gasteiger partial charge in [0, 0.05) is 16.5 Å². The summed E-state index contributed by atoms with van der Waals surface area (Å²) in [4.78, 5) is 0. The number of ether oxygens (including phenoxy) is 1. The largest absolute Gasteiger partial charge is 0.493 e. The Morgan fingerprint density at radius 3 is 2.26 bits per heavy atom. The summed E-state index contributed by atoms with van der Waals surface area (Å²) in [5.41, 5.74) is 0.632. The number of aromatic nitrogens is 2. The van der Waals surface area contributed by atoms with E-state index < -0.39 is 10.0 Å². The van der Waals surface area contributed by atoms with Gasteiger partial charge in [0.25, 0.3) is 0 Å². The van der Waals surface area contributed by atoms with Gasteiger partial charge in [0.05, 0.1) is 12.4 Å². The van der Waals surface area contributed by atoms with E-state index in [1.165, 1.54) is 11.3 Å². The Morgan fingerprint density at radius 1 is 0.963 bits per heavy atom. The first-order chi connectivity index (χ1) is 12.9. The number of hydrogen-bond donors (Lipinski definition) is 1. The van der Waals surface area contributed by atoms with Gasteiger partial charge in [0.15, 0.2) is 0 Å². The van der Waals surface area contributed by atoms with Crippen molar-refractivity contribution in [3.05, 3.63) is 69.1 Å². The van der Waals surface area contributed by atoms with Crippen molar-refractivity contribution in [2.24, 2.45) is 0 Å². The van der Waals surface area contributed by atoms with Crippen LogP contribution in [-0.4, -0.2) is 25.2 Å². The first kappa shape index (κ1) is 19.9. The molecular formula is C17H15Cl2N3O3S2. The van der Waals surface area contributed by atoms with Crippen molar-refractivity contribution in [1.29, 1.82) is 0 Å². The minimum absolute atomic E-state index is 0.168. The van der Waals surface area contributed by atoms with Gasteiger partial charge in [0.2, 0.25) is 15.2 Å². The molecular weight excluding hydrogens is 429 g/mol. The summed E-state index contributed by atoms with van der Waals surface area (Å²) in [5, 5.41) is 9.96. The maximum Gasteiger partial charge on any atom is 0.238 e. The molecule has 0 saturated carbocycles. The van der Waals surface area contributed by atoms with Crippen molar-refractivity contribution < 1.29 is 13.2 Å². The summed E-state index contributed by atoms with van der Waals surface area (Å²) in [6, 6.07) is 13.7. The van der Waals surface area contributed by atoms with Crippen molar-refractivity contribution in [2.75, 3.05) is 11.3 Å². The van der Waals surface area contributed by atoms with E-state index in [1.807, 2.05) is 0 Å². The van der Waals surface area contributed by atoms with Gasteiger partial charge in [-0.3, -0.25) is 4.72 Å². The van der Waals surface area contributed by atoms with Crippen LogP contribution < -0.4 is 9.46 Å². The molecule has 0 unspecified atom stereocenters. The van der Waals surface area contributed by atoms with Crippen molar-refractivity contribution in [3.8, 4) is 5.75 Å². The van der Waals surface area contributed by atoms with Crippen LogP contribution in [-0.2, 0) is 22.2 Å². The lowest BCUT2D eigenvalue weighted by Gasteiger charge is -2.05. The minimum Gasteiger partial charge on any atom is -0.493 e. The van der Waals surface area contributed by atoms with Gasteiger partial charge in [-0.05, 0) is 42.0 Å². The maximum absolute atomic E-state index is 12.2. The zero-order valence-corrected chi connectivity index (χ0v) is 17.1. The quantitative estimate of drug-likeness (QED) is 0.557. The van der Waals surface area contributed by atoms with E-state index in [1.54, 1.807) is 48.5 Å². The molecule has 142 valence electrons. The third kappa shape index (κ3) is 6.35. The number of nitrogens with one attached hydrogen (secondary N) is 1. The normalized spacial score (nSPS) is 11.3. The van der Waals surface area contributed by atoms with Crippen molar-refractivity contribution in [1.82, 2.24) is 10.2 Å². The third-order valence-electron chi connectivity index (χ3n) is 3.38. The van der Waals surface area contributed by atoms with Crippen LogP contribution in [0.25, 0.3) is 0 Å². The molecule has 6 nitrogen and oxygen atoms in total. The Morgan fingerprint density at radius 2 is 1.59 bits per heavy atom. The van der Waals surface area contributed by atoms with Crippen molar-refractivity contribution in [2.45, 2.75) is 12.2 Å². The van der Waals surface area contributed by atoms with Crippen LogP contribution in [0.4, 0.5) is 5.13 Å². The van der Waals surface area contributed by atoms with Crippen LogP contribution in [0, 0.1) is 0 Å². The van der Waals surface area contributed by atoms with Crippen LogP contribution in [0.2, 0.25) is 10.0 Å². The van der Waals surface area contributed by atoms with Gasteiger partial charge in [-0.15, -0.1) is 10.2 Å². The molecule has 0 aliphatic heterocycles. The van der Waals surface area contributed by atoms with Gasteiger partial charge in [-0.1, -0.05) is 46.7 Å². The first-order valence-corrected chi connectivity index (χ1v) is 11.1. The van der Waals surface area contributed by atoms with Gasteiger partial charge >= 0.3 is 0 Å². The molecule has 0 aliphatic rings. The minimum atomic E-state index is -3.58. The summed E-state index contributed by atoms with van der Waals surface area (Å²) >= 11 is 12.8. The highest BCUT2D eigenvalue weighted by molar-refractivity contribution is 7.92. The van der Waals surface area contributed by atoms with Crippen molar-refractivity contribution in [3.63, 3.8) is 0 Å². The fraction of sp³-hybridized carbons (Fsp3) is 0.176. The molecule has 1 heterocycles. The molecule has 1 N–H and O–H groups in total. The molecule has 0 radical (unpaired) electrons. The maximum atomic E-state index is 12.2. The number of sulfonamides is 1. The first-order valence-electron chi connectivity index (χ1n) is 7.85. The molecule has 0 amide bonds. The lowest BCUT2D eigenvalue weighted by atomic mass is 10.2. The molecule has 3 rings (SSSR count). The second-order valence-corrected chi connectivity index (χ2v) is 9.20. The fourth-order valence-electron chi connectivity index (χ4n) is 2.15. The van der Waals surface area contributed by atoms with Crippen LogP contribution >= 0.6 is 34.5 Å². The third-order valence-corrected chi connectivity index (χ3v) is 6.13. The highest BCUT2D eigenvalue weighted by Crippen LogP contribution is 2.20. The number of benzene rings is 2. The van der Waals surface area contributed by atoms with Gasteiger partial charge in [-0.2, -0.15) is 0 Å². The number of halogens is 2. The predicted molar refractivity (Wildman–Crippen MR) is 108 cm³/mol. The Balaban J connectivity index is 1.52. The van der Waals surface area contributed by atoms with Crippen LogP contribution in [0.3, 0.4) is 0 Å². The van der Waals surface area contributed by atoms with Gasteiger partial charge in [-0.25, -0.2) is 8.42 Å². The van der Waals surface area contributed by atoms with E-state index in [2.05, 4.69) is 14.9 Å². The van der Waals surface area contributed by atoms with Gasteiger partial charge < -0.3 is 4.74 Å². The van der Waals surface area contributed by atoms with Crippen LogP contribution in [0.15, 0.2) is 48.5 Å². The summed E-state index contributed by atoms with van der Waals surface area (Å²) in [6.45, 7) is 0.397. The monoisotopic (exact) mass is 443 g/mol. The molecule has 0 fully saturated rings. The van der Waals surface area contributed by atoms with E-state index in [0.717, 1.165) is 0 Å². The van der Waals surface area contributed by atoms with E-state index in [-0.39, 0.29) is 10.9 Å². The summed E-state index contributed by atoms with van der Waals surface area (Å²) < 4.78 is 32.5. The van der Waals surface area contributed by atoms with E-state index in [0.29, 0.717) is 39.4 Å². The Kier molecular flexibility index (Phi) is 6.54. The second kappa shape index (κ2) is 8.88. The highest BCUT2D eigenvalue weighted by Gasteiger charge is 2.15. The second-order valence-electron chi connectivity index (χ2n) is 5.54. The molecule has 0 bridgehead atoms. The Bertz CT molecular complexity index is 991. The average Bonchev–Trinajstić information content (AvgIpc) is 3.05. The smallest absolute Gasteiger partial charge is 0.238 e. The molecule has 0 atom stereocenters. The molecule has 10 heteroatoms. The number of nitrogens with zero attached hydrogens (tertiary/aromatic N) is 2. The van der Waals surface area contributed by atoms with Crippen LogP contribution in [0.5, 0.6) is 5.75 Å². The molecule has 0 spiro atoms. The van der Waals surface area contributed by atoms with Crippen LogP contribution in [0.1, 0.15) is 10.6 Å². The molecule has 3 aromatic rings. The molecule has 1 aromatic heterocycles. The lowest BCUT2D eigenvalue weighted by molar-refractivity contribution is 0.321. The van der Waals surface area contributed by atoms with E-state index in [9.17, 15) is 8.42 Å². The van der Waals surface area contributed by atoms with E-state index >= 15 is 0 Å². The molecule has 27 heavy (non-hydrogen) atoms. The average molecular weight is 444 g/mol. The predicted octanol–water partition coefficient (Wildman–Crippen LogP) is 4.41. The number of hydrogen-bond acceptors (Lipinski definition) is 6. The van der Waals surface area contributed by atoms with E-state index in [4.69, 9.17) is 27.9 Å². The Labute approximate surface area is 171 Å². The summed E-state index contributed by atoms with van der Waals surface area (Å²) in [5.74, 6) is 0.534. The summed E-state index contributed by atoms with van der Waals surface area (Å²) in [7, 11) is -3.58. The fourth-order valence-corrected chi connectivity index (χ4v) is 4.53. The molecule has 2 aromatic carbocycles. The SMILES string of the molecule is O=S(=O)(Cc1ccc(Cl)cc1)Nc1nnc(CCOc2ccc(Cl)cc2)s1. The zero-order valence-electron chi connectivity index (χ0n) is 13.9. The Hall–Kier alpha value is -1.87. The van der Waals surface area contributed by atoms with Gasteiger partial charge in [0.1, 0.15) is 10.8 Å². The molecule has 0 aliphatic carbocycles. The molecule has 0 saturated heterocycles. The number of anilines is 1. The lowest BCUT2D eigenvalue weighted by Crippen LogP contribution is -2.14. The standard InChI is InChI=1S/C17H15Cl2N3O3S2/c18-13-3-1-12(2-4-13)11-27(23,24)22-17-21-20-16(26-17)9-10-25-15-7-5-14(19)6-8-15/h1-8H,9-11H2,(H,21,22).